The second kappa shape index (κ2) is 9.22. The predicted molar refractivity (Wildman–Crippen MR) is 108 cm³/mol. The van der Waals surface area contributed by atoms with Crippen LogP contribution < -0.4 is 19.9 Å². The molecule has 1 aliphatic heterocycles. The summed E-state index contributed by atoms with van der Waals surface area (Å²) in [6.07, 6.45) is 0. The summed E-state index contributed by atoms with van der Waals surface area (Å²) in [7, 11) is 1.61. The Morgan fingerprint density at radius 1 is 1.11 bits per heavy atom. The summed E-state index contributed by atoms with van der Waals surface area (Å²) in [5.74, 6) is 0.723. The van der Waals surface area contributed by atoms with Gasteiger partial charge >= 0.3 is 0 Å². The molecular formula is C21H28ClN3O2+2. The highest BCUT2D eigenvalue weighted by molar-refractivity contribution is 6.30. The molecule has 144 valence electrons. The molecular weight excluding hydrogens is 362 g/mol. The first-order chi connectivity index (χ1) is 13.1. The van der Waals surface area contributed by atoms with Crippen LogP contribution in [0.5, 0.6) is 5.75 Å². The van der Waals surface area contributed by atoms with Gasteiger partial charge in [0.15, 0.2) is 6.04 Å². The van der Waals surface area contributed by atoms with Gasteiger partial charge in [0.1, 0.15) is 38.5 Å². The Bertz CT molecular complexity index is 758. The Morgan fingerprint density at radius 2 is 1.78 bits per heavy atom. The number of halogens is 1. The summed E-state index contributed by atoms with van der Waals surface area (Å²) in [5.41, 5.74) is 2.03. The van der Waals surface area contributed by atoms with Crippen LogP contribution >= 0.6 is 11.6 Å². The number of nitrogens with one attached hydrogen (secondary N) is 3. The predicted octanol–water partition coefficient (Wildman–Crippen LogP) is 0.659. The van der Waals surface area contributed by atoms with Crippen LogP contribution in [0.15, 0.2) is 48.5 Å². The van der Waals surface area contributed by atoms with Crippen LogP contribution in [0.1, 0.15) is 12.5 Å². The lowest BCUT2D eigenvalue weighted by atomic mass is 10.1. The van der Waals surface area contributed by atoms with E-state index in [4.69, 9.17) is 16.3 Å². The van der Waals surface area contributed by atoms with E-state index in [-0.39, 0.29) is 11.9 Å². The number of ether oxygens (including phenoxy) is 1. The molecule has 0 spiro atoms. The fourth-order valence-corrected chi connectivity index (χ4v) is 3.73. The van der Waals surface area contributed by atoms with Crippen molar-refractivity contribution in [1.29, 1.82) is 0 Å². The van der Waals surface area contributed by atoms with Gasteiger partial charge in [0, 0.05) is 10.6 Å². The number of quaternary nitrogens is 2. The molecule has 1 saturated heterocycles. The van der Waals surface area contributed by atoms with E-state index in [2.05, 4.69) is 17.4 Å². The number of hydrogen-bond donors (Lipinski definition) is 3. The van der Waals surface area contributed by atoms with Crippen LogP contribution in [0.4, 0.5) is 5.69 Å². The highest BCUT2D eigenvalue weighted by Crippen LogP contribution is 2.22. The minimum atomic E-state index is -0.0907. The van der Waals surface area contributed by atoms with E-state index in [0.29, 0.717) is 5.75 Å². The zero-order valence-corrected chi connectivity index (χ0v) is 16.7. The molecule has 3 rings (SSSR count). The lowest BCUT2D eigenvalue weighted by molar-refractivity contribution is -1.02. The molecule has 0 aliphatic carbocycles. The summed E-state index contributed by atoms with van der Waals surface area (Å²) in [6.45, 7) is 7.11. The number of amides is 1. The molecule has 1 fully saturated rings. The molecule has 0 radical (unpaired) electrons. The van der Waals surface area contributed by atoms with Gasteiger partial charge in [-0.3, -0.25) is 4.79 Å². The number of carbonyl (C=O) groups excluding carboxylic acids is 1. The van der Waals surface area contributed by atoms with E-state index >= 15 is 0 Å². The zero-order chi connectivity index (χ0) is 19.2. The van der Waals surface area contributed by atoms with Gasteiger partial charge in [-0.05, 0) is 31.2 Å². The van der Waals surface area contributed by atoms with E-state index < -0.39 is 0 Å². The first-order valence-corrected chi connectivity index (χ1v) is 9.81. The lowest BCUT2D eigenvalue weighted by Crippen LogP contribution is -3.29. The highest BCUT2D eigenvalue weighted by Gasteiger charge is 2.31. The monoisotopic (exact) mass is 389 g/mol. The summed E-state index contributed by atoms with van der Waals surface area (Å²) < 4.78 is 5.32. The van der Waals surface area contributed by atoms with E-state index in [9.17, 15) is 4.79 Å². The Labute approximate surface area is 165 Å². The van der Waals surface area contributed by atoms with Gasteiger partial charge in [0.2, 0.25) is 0 Å². The molecule has 1 amide bonds. The maximum atomic E-state index is 12.7. The number of hydrogen-bond acceptors (Lipinski definition) is 2. The third-order valence-corrected chi connectivity index (χ3v) is 5.59. The van der Waals surface area contributed by atoms with Gasteiger partial charge in [0.25, 0.3) is 5.91 Å². The molecule has 5 nitrogen and oxygen atoms in total. The topological polar surface area (TPSA) is 47.2 Å². The molecule has 0 bridgehead atoms. The molecule has 1 atom stereocenters. The van der Waals surface area contributed by atoms with Crippen molar-refractivity contribution in [2.45, 2.75) is 19.5 Å². The average molecular weight is 390 g/mol. The number of carbonyl (C=O) groups is 1. The summed E-state index contributed by atoms with van der Waals surface area (Å²) in [5, 5.41) is 3.79. The number of rotatable bonds is 6. The van der Waals surface area contributed by atoms with Crippen LogP contribution in [-0.2, 0) is 11.3 Å². The van der Waals surface area contributed by atoms with Crippen molar-refractivity contribution >= 4 is 23.2 Å². The molecule has 0 saturated carbocycles. The van der Waals surface area contributed by atoms with Crippen molar-refractivity contribution < 1.29 is 19.3 Å². The fraction of sp³-hybridized carbons (Fsp3) is 0.381. The normalized spacial score (nSPS) is 20.7. The Balaban J connectivity index is 1.51. The van der Waals surface area contributed by atoms with Crippen molar-refractivity contribution in [3.05, 3.63) is 59.1 Å². The van der Waals surface area contributed by atoms with Crippen molar-refractivity contribution in [3.8, 4) is 5.75 Å². The van der Waals surface area contributed by atoms with Gasteiger partial charge in [0.05, 0.1) is 12.8 Å². The molecule has 27 heavy (non-hydrogen) atoms. The third kappa shape index (κ3) is 5.22. The Hall–Kier alpha value is -2.08. The summed E-state index contributed by atoms with van der Waals surface area (Å²) >= 11 is 5.96. The number of methoxy groups -OCH3 is 1. The van der Waals surface area contributed by atoms with Gasteiger partial charge in [-0.15, -0.1) is 0 Å². The first-order valence-electron chi connectivity index (χ1n) is 9.43. The third-order valence-electron chi connectivity index (χ3n) is 5.34. The van der Waals surface area contributed by atoms with Crippen LogP contribution in [0.25, 0.3) is 0 Å². The van der Waals surface area contributed by atoms with E-state index in [0.717, 1.165) is 43.4 Å². The van der Waals surface area contributed by atoms with Gasteiger partial charge < -0.3 is 19.9 Å². The number of piperazine rings is 1. The van der Waals surface area contributed by atoms with Crippen molar-refractivity contribution in [2.75, 3.05) is 38.6 Å². The Kier molecular flexibility index (Phi) is 6.72. The lowest BCUT2D eigenvalue weighted by Gasteiger charge is -2.32. The van der Waals surface area contributed by atoms with Crippen molar-refractivity contribution in [2.24, 2.45) is 0 Å². The minimum absolute atomic E-state index is 0.0376. The van der Waals surface area contributed by atoms with Crippen LogP contribution in [0.2, 0.25) is 5.02 Å². The first kappa shape index (κ1) is 19.7. The molecule has 1 aliphatic rings. The fourth-order valence-electron chi connectivity index (χ4n) is 3.60. The van der Waals surface area contributed by atoms with E-state index in [1.807, 2.05) is 43.3 Å². The maximum Gasteiger partial charge on any atom is 0.282 e. The number of anilines is 1. The largest absolute Gasteiger partial charge is 0.495 e. The van der Waals surface area contributed by atoms with Gasteiger partial charge in [-0.2, -0.15) is 0 Å². The quantitative estimate of drug-likeness (QED) is 0.679. The van der Waals surface area contributed by atoms with Crippen molar-refractivity contribution in [3.63, 3.8) is 0 Å². The van der Waals surface area contributed by atoms with Crippen LogP contribution in [0.3, 0.4) is 0 Å². The average Bonchev–Trinajstić information content (AvgIpc) is 2.70. The zero-order valence-electron chi connectivity index (χ0n) is 15.9. The summed E-state index contributed by atoms with van der Waals surface area (Å²) in [4.78, 5) is 15.6. The molecule has 0 unspecified atom stereocenters. The van der Waals surface area contributed by atoms with Gasteiger partial charge in [-0.1, -0.05) is 35.9 Å². The van der Waals surface area contributed by atoms with Crippen LogP contribution in [-0.4, -0.2) is 45.2 Å². The second-order valence-electron chi connectivity index (χ2n) is 7.12. The van der Waals surface area contributed by atoms with E-state index in [1.165, 1.54) is 10.5 Å². The standard InChI is InChI=1S/C21H26ClN3O2/c1-16(21(26)23-19-5-3-4-6-20(19)27-2)25-13-11-24(12-14-25)15-17-7-9-18(22)10-8-17/h3-10,16H,11-15H2,1-2H3,(H,23,26)/p+2/t16-/m0/s1. The number of benzene rings is 2. The van der Waals surface area contributed by atoms with Gasteiger partial charge in [-0.25, -0.2) is 0 Å². The molecule has 6 heteroatoms. The SMILES string of the molecule is COc1ccccc1NC(=O)[C@H](C)[NH+]1CC[NH+](Cc2ccc(Cl)cc2)CC1. The molecule has 2 aromatic rings. The highest BCUT2D eigenvalue weighted by atomic mass is 35.5. The maximum absolute atomic E-state index is 12.7. The number of para-hydroxylation sites is 2. The molecule has 1 heterocycles. The Morgan fingerprint density at radius 3 is 2.44 bits per heavy atom. The van der Waals surface area contributed by atoms with Crippen molar-refractivity contribution in [1.82, 2.24) is 0 Å². The molecule has 0 aromatic heterocycles. The van der Waals surface area contributed by atoms with E-state index in [1.54, 1.807) is 12.0 Å². The summed E-state index contributed by atoms with van der Waals surface area (Å²) in [6, 6.07) is 15.5. The smallest absolute Gasteiger partial charge is 0.282 e. The molecule has 2 aromatic carbocycles. The second-order valence-corrected chi connectivity index (χ2v) is 7.56. The minimum Gasteiger partial charge on any atom is -0.495 e. The molecule has 3 N–H and O–H groups in total. The van der Waals surface area contributed by atoms with Crippen LogP contribution in [0, 0.1) is 0 Å².